The number of rotatable bonds is 5. The molecule has 2 heterocycles. The third kappa shape index (κ3) is 2.73. The van der Waals surface area contributed by atoms with Crippen molar-refractivity contribution in [1.82, 2.24) is 20.4 Å². The molecule has 0 saturated heterocycles. The first-order chi connectivity index (χ1) is 8.72. The summed E-state index contributed by atoms with van der Waals surface area (Å²) in [5.74, 6) is 1.24. The Balaban J connectivity index is 2.18. The number of aromatic nitrogens is 3. The maximum Gasteiger partial charge on any atom is 0.243 e. The third-order valence-electron chi connectivity index (χ3n) is 2.77. The monoisotopic (exact) mass is 246 g/mol. The minimum Gasteiger partial charge on any atom is -0.337 e. The average Bonchev–Trinajstić information content (AvgIpc) is 2.86. The molecule has 0 radical (unpaired) electrons. The highest BCUT2D eigenvalue weighted by molar-refractivity contribution is 5.57. The van der Waals surface area contributed by atoms with Gasteiger partial charge in [0.15, 0.2) is 0 Å². The molecule has 2 aromatic rings. The maximum atomic E-state index is 5.29. The third-order valence-corrected chi connectivity index (χ3v) is 2.77. The molecule has 0 aliphatic heterocycles. The van der Waals surface area contributed by atoms with Crippen LogP contribution in [0.3, 0.4) is 0 Å². The fraction of sp³-hybridized carbons (Fsp3) is 0.462. The summed E-state index contributed by atoms with van der Waals surface area (Å²) in [6.07, 6.45) is 4.61. The number of pyridine rings is 1. The van der Waals surface area contributed by atoms with E-state index >= 15 is 0 Å². The smallest absolute Gasteiger partial charge is 0.243 e. The number of aryl methyl sites for hydroxylation is 1. The summed E-state index contributed by atoms with van der Waals surface area (Å²) in [5, 5.41) is 7.34. The van der Waals surface area contributed by atoms with E-state index in [1.807, 2.05) is 19.9 Å². The first kappa shape index (κ1) is 12.7. The standard InChI is InChI=1S/C13H18N4O/c1-4-6-15-10(3)13-16-12(17-18-13)11-5-7-14-8-9(11)2/h5,7-8,10,15H,4,6H2,1-3H3. The van der Waals surface area contributed by atoms with Gasteiger partial charge in [-0.3, -0.25) is 4.98 Å². The molecule has 1 unspecified atom stereocenters. The van der Waals surface area contributed by atoms with Crippen molar-refractivity contribution in [3.8, 4) is 11.4 Å². The second-order valence-corrected chi connectivity index (χ2v) is 4.32. The summed E-state index contributed by atoms with van der Waals surface area (Å²) in [6, 6.07) is 1.97. The van der Waals surface area contributed by atoms with Gasteiger partial charge in [0, 0.05) is 18.0 Å². The molecule has 0 aliphatic carbocycles. The number of hydrogen-bond donors (Lipinski definition) is 1. The lowest BCUT2D eigenvalue weighted by molar-refractivity contribution is 0.340. The molecule has 0 saturated carbocycles. The van der Waals surface area contributed by atoms with Crippen LogP contribution in [-0.2, 0) is 0 Å². The Bertz CT molecular complexity index is 509. The normalized spacial score (nSPS) is 12.6. The van der Waals surface area contributed by atoms with Crippen molar-refractivity contribution in [2.24, 2.45) is 0 Å². The number of hydrogen-bond acceptors (Lipinski definition) is 5. The van der Waals surface area contributed by atoms with Crippen molar-refractivity contribution < 1.29 is 4.52 Å². The largest absolute Gasteiger partial charge is 0.337 e. The van der Waals surface area contributed by atoms with E-state index < -0.39 is 0 Å². The minimum absolute atomic E-state index is 0.0772. The topological polar surface area (TPSA) is 63.8 Å². The summed E-state index contributed by atoms with van der Waals surface area (Å²) in [5.41, 5.74) is 2.00. The molecule has 0 bridgehead atoms. The molecule has 0 aliphatic rings. The van der Waals surface area contributed by atoms with Gasteiger partial charge in [-0.1, -0.05) is 12.1 Å². The molecule has 96 valence electrons. The van der Waals surface area contributed by atoms with Crippen molar-refractivity contribution in [2.75, 3.05) is 6.54 Å². The molecule has 18 heavy (non-hydrogen) atoms. The van der Waals surface area contributed by atoms with Gasteiger partial charge < -0.3 is 9.84 Å². The molecule has 0 fully saturated rings. The van der Waals surface area contributed by atoms with E-state index in [4.69, 9.17) is 4.52 Å². The highest BCUT2D eigenvalue weighted by Crippen LogP contribution is 2.20. The van der Waals surface area contributed by atoms with E-state index in [0.717, 1.165) is 24.1 Å². The zero-order valence-electron chi connectivity index (χ0n) is 11.0. The van der Waals surface area contributed by atoms with Gasteiger partial charge in [0.05, 0.1) is 6.04 Å². The van der Waals surface area contributed by atoms with Crippen LogP contribution in [0.1, 0.15) is 37.8 Å². The van der Waals surface area contributed by atoms with Crippen molar-refractivity contribution in [3.05, 3.63) is 29.9 Å². The Labute approximate surface area is 107 Å². The molecule has 0 aromatic carbocycles. The predicted octanol–water partition coefficient (Wildman–Crippen LogP) is 2.50. The molecule has 5 nitrogen and oxygen atoms in total. The van der Waals surface area contributed by atoms with E-state index in [-0.39, 0.29) is 6.04 Å². The summed E-state index contributed by atoms with van der Waals surface area (Å²) in [6.45, 7) is 7.07. The quantitative estimate of drug-likeness (QED) is 0.878. The molecule has 1 atom stereocenters. The molecule has 0 spiro atoms. The minimum atomic E-state index is 0.0772. The Morgan fingerprint density at radius 2 is 2.28 bits per heavy atom. The first-order valence-electron chi connectivity index (χ1n) is 6.20. The van der Waals surface area contributed by atoms with Gasteiger partial charge in [-0.05, 0) is 38.4 Å². The van der Waals surface area contributed by atoms with Gasteiger partial charge >= 0.3 is 0 Å². The van der Waals surface area contributed by atoms with E-state index in [1.54, 1.807) is 12.4 Å². The Hall–Kier alpha value is -1.75. The van der Waals surface area contributed by atoms with Crippen LogP contribution in [0.4, 0.5) is 0 Å². The predicted molar refractivity (Wildman–Crippen MR) is 69.0 cm³/mol. The van der Waals surface area contributed by atoms with Gasteiger partial charge in [-0.25, -0.2) is 0 Å². The van der Waals surface area contributed by atoms with Crippen molar-refractivity contribution in [2.45, 2.75) is 33.2 Å². The zero-order valence-corrected chi connectivity index (χ0v) is 11.0. The molecule has 5 heteroatoms. The molecule has 2 rings (SSSR count). The Kier molecular flexibility index (Phi) is 4.04. The first-order valence-corrected chi connectivity index (χ1v) is 6.20. The zero-order chi connectivity index (χ0) is 13.0. The van der Waals surface area contributed by atoms with Gasteiger partial charge in [0.25, 0.3) is 0 Å². The number of nitrogens with zero attached hydrogens (tertiary/aromatic N) is 3. The van der Waals surface area contributed by atoms with Crippen LogP contribution in [0.5, 0.6) is 0 Å². The summed E-state index contributed by atoms with van der Waals surface area (Å²) >= 11 is 0. The van der Waals surface area contributed by atoms with Crippen LogP contribution in [0, 0.1) is 6.92 Å². The fourth-order valence-corrected chi connectivity index (χ4v) is 1.69. The molecule has 0 amide bonds. The molecule has 2 aromatic heterocycles. The van der Waals surface area contributed by atoms with Crippen LogP contribution in [0.15, 0.2) is 23.0 Å². The molecular formula is C13H18N4O. The van der Waals surface area contributed by atoms with Crippen LogP contribution < -0.4 is 5.32 Å². The van der Waals surface area contributed by atoms with Gasteiger partial charge in [0.2, 0.25) is 11.7 Å². The second kappa shape index (κ2) is 5.73. The van der Waals surface area contributed by atoms with E-state index in [1.165, 1.54) is 0 Å². The highest BCUT2D eigenvalue weighted by Gasteiger charge is 2.15. The van der Waals surface area contributed by atoms with E-state index in [0.29, 0.717) is 11.7 Å². The Morgan fingerprint density at radius 3 is 3.00 bits per heavy atom. The van der Waals surface area contributed by atoms with Crippen molar-refractivity contribution in [3.63, 3.8) is 0 Å². The lowest BCUT2D eigenvalue weighted by Gasteiger charge is -2.06. The van der Waals surface area contributed by atoms with Crippen LogP contribution in [-0.4, -0.2) is 21.7 Å². The van der Waals surface area contributed by atoms with Crippen LogP contribution in [0.25, 0.3) is 11.4 Å². The molecular weight excluding hydrogens is 228 g/mol. The van der Waals surface area contributed by atoms with Crippen molar-refractivity contribution >= 4 is 0 Å². The van der Waals surface area contributed by atoms with Crippen LogP contribution >= 0.6 is 0 Å². The lowest BCUT2D eigenvalue weighted by atomic mass is 10.1. The number of nitrogens with one attached hydrogen (secondary N) is 1. The van der Waals surface area contributed by atoms with E-state index in [2.05, 4.69) is 27.4 Å². The van der Waals surface area contributed by atoms with Gasteiger partial charge in [0.1, 0.15) is 0 Å². The van der Waals surface area contributed by atoms with Gasteiger partial charge in [-0.15, -0.1) is 0 Å². The highest BCUT2D eigenvalue weighted by atomic mass is 16.5. The summed E-state index contributed by atoms with van der Waals surface area (Å²) < 4.78 is 5.29. The molecule has 1 N–H and O–H groups in total. The fourth-order valence-electron chi connectivity index (χ4n) is 1.69. The Morgan fingerprint density at radius 1 is 1.44 bits per heavy atom. The second-order valence-electron chi connectivity index (χ2n) is 4.32. The van der Waals surface area contributed by atoms with Crippen molar-refractivity contribution in [1.29, 1.82) is 0 Å². The summed E-state index contributed by atoms with van der Waals surface area (Å²) in [7, 11) is 0. The average molecular weight is 246 g/mol. The summed E-state index contributed by atoms with van der Waals surface area (Å²) in [4.78, 5) is 8.48. The van der Waals surface area contributed by atoms with Gasteiger partial charge in [-0.2, -0.15) is 4.98 Å². The van der Waals surface area contributed by atoms with Crippen LogP contribution in [0.2, 0.25) is 0 Å². The maximum absolute atomic E-state index is 5.29. The SMILES string of the molecule is CCCNC(C)c1nc(-c2ccncc2C)no1. The van der Waals surface area contributed by atoms with E-state index in [9.17, 15) is 0 Å². The lowest BCUT2D eigenvalue weighted by Crippen LogP contribution is -2.19.